The van der Waals surface area contributed by atoms with Crippen LogP contribution in [-0.2, 0) is 24.3 Å². The highest BCUT2D eigenvalue weighted by Gasteiger charge is 2.26. The molecule has 0 bridgehead atoms. The molecule has 0 saturated carbocycles. The van der Waals surface area contributed by atoms with E-state index in [1.165, 1.54) is 17.1 Å². The van der Waals surface area contributed by atoms with Gasteiger partial charge in [0, 0.05) is 47.8 Å². The van der Waals surface area contributed by atoms with Gasteiger partial charge in [0.2, 0.25) is 0 Å². The van der Waals surface area contributed by atoms with Crippen LogP contribution in [0.1, 0.15) is 44.6 Å². The first-order valence-corrected chi connectivity index (χ1v) is 13.1. The number of benzene rings is 1. The van der Waals surface area contributed by atoms with Crippen LogP contribution >= 0.6 is 11.8 Å². The molecule has 1 unspecified atom stereocenters. The van der Waals surface area contributed by atoms with E-state index in [1.54, 1.807) is 28.8 Å². The van der Waals surface area contributed by atoms with Crippen molar-refractivity contribution in [2.75, 3.05) is 6.61 Å². The second kappa shape index (κ2) is 12.4. The van der Waals surface area contributed by atoms with Gasteiger partial charge in [-0.25, -0.2) is 23.4 Å². The summed E-state index contributed by atoms with van der Waals surface area (Å²) in [5.74, 6) is 0.901. The molecule has 0 radical (unpaired) electrons. The Labute approximate surface area is 220 Å². The molecule has 0 saturated heterocycles. The lowest BCUT2D eigenvalue weighted by Crippen LogP contribution is -2.21. The van der Waals surface area contributed by atoms with Crippen molar-refractivity contribution in [1.29, 1.82) is 0 Å². The molecule has 1 aromatic carbocycles. The Bertz CT molecular complexity index is 1220. The molecular weight excluding hydrogens is 494 g/mol. The van der Waals surface area contributed by atoms with E-state index in [0.29, 0.717) is 43.5 Å². The smallest absolute Gasteiger partial charge is 0.259 e. The molecule has 4 rings (SSSR count). The second-order valence-electron chi connectivity index (χ2n) is 9.68. The summed E-state index contributed by atoms with van der Waals surface area (Å²) in [6.45, 7) is 7.96. The maximum atomic E-state index is 14.0. The van der Waals surface area contributed by atoms with Crippen molar-refractivity contribution in [1.82, 2.24) is 29.3 Å². The lowest BCUT2D eigenvalue weighted by molar-refractivity contribution is 0.0804. The highest BCUT2D eigenvalue weighted by molar-refractivity contribution is 8.00. The van der Waals surface area contributed by atoms with Crippen molar-refractivity contribution in [3.05, 3.63) is 78.8 Å². The number of aryl methyl sites for hydroxylation is 1. The summed E-state index contributed by atoms with van der Waals surface area (Å²) in [4.78, 5) is 14.2. The normalized spacial score (nSPS) is 12.8. The summed E-state index contributed by atoms with van der Waals surface area (Å²) in [5.41, 5.74) is 1.71. The molecule has 0 aliphatic rings. The number of ether oxygens (including phenoxy) is 1. The molecule has 37 heavy (non-hydrogen) atoms. The van der Waals surface area contributed by atoms with Crippen LogP contribution in [0.2, 0.25) is 0 Å². The van der Waals surface area contributed by atoms with Gasteiger partial charge in [0.1, 0.15) is 17.6 Å². The van der Waals surface area contributed by atoms with Crippen LogP contribution in [0.5, 0.6) is 0 Å². The van der Waals surface area contributed by atoms with Gasteiger partial charge in [-0.3, -0.25) is 4.98 Å². The summed E-state index contributed by atoms with van der Waals surface area (Å²) >= 11 is 1.72. The molecule has 1 atom stereocenters. The van der Waals surface area contributed by atoms with Crippen LogP contribution in [0.15, 0.2) is 72.3 Å². The molecule has 0 aliphatic carbocycles. The summed E-state index contributed by atoms with van der Waals surface area (Å²) in [6, 6.07) is 12.7. The van der Waals surface area contributed by atoms with Crippen molar-refractivity contribution in [2.24, 2.45) is 0 Å². The average molecular weight is 527 g/mol. The Morgan fingerprint density at radius 3 is 2.54 bits per heavy atom. The van der Waals surface area contributed by atoms with Gasteiger partial charge in [-0.2, -0.15) is 0 Å². The third kappa shape index (κ3) is 7.93. The number of alkyl halides is 2. The molecule has 3 aromatic heterocycles. The molecule has 0 spiro atoms. The zero-order valence-electron chi connectivity index (χ0n) is 21.3. The Morgan fingerprint density at radius 2 is 1.89 bits per heavy atom. The first-order chi connectivity index (χ1) is 17.8. The molecule has 10 heteroatoms. The molecule has 3 heterocycles. The predicted molar refractivity (Wildman–Crippen MR) is 141 cm³/mol. The van der Waals surface area contributed by atoms with Crippen LogP contribution in [0, 0.1) is 0 Å². The summed E-state index contributed by atoms with van der Waals surface area (Å²) in [5, 5.41) is 4.65. The van der Waals surface area contributed by atoms with E-state index < -0.39 is 12.5 Å². The Hall–Kier alpha value is -3.11. The van der Waals surface area contributed by atoms with Crippen LogP contribution in [0.3, 0.4) is 0 Å². The standard InChI is InChI=1S/C27H32F2N6OS/c1-27(2,3)37-21-10-11-22(31-17-21)26-32-24(16-23(25(28)29)34-14-12-30-19-34)35(33-26)13-7-15-36-18-20-8-5-4-6-9-20/h4-6,8-12,14,17,19,23,25H,7,13,15-16,18H2,1-3H3. The molecule has 0 aliphatic heterocycles. The molecule has 196 valence electrons. The van der Waals surface area contributed by atoms with Gasteiger partial charge >= 0.3 is 0 Å². The van der Waals surface area contributed by atoms with Crippen LogP contribution in [-0.4, -0.2) is 47.1 Å². The number of pyridine rings is 1. The fourth-order valence-corrected chi connectivity index (χ4v) is 4.75. The second-order valence-corrected chi connectivity index (χ2v) is 11.6. The van der Waals surface area contributed by atoms with E-state index >= 15 is 0 Å². The number of thioether (sulfide) groups is 1. The number of nitrogens with zero attached hydrogens (tertiary/aromatic N) is 6. The van der Waals surface area contributed by atoms with Crippen LogP contribution in [0.4, 0.5) is 8.78 Å². The summed E-state index contributed by atoms with van der Waals surface area (Å²) in [6.07, 6.45) is 4.36. The van der Waals surface area contributed by atoms with Crippen molar-refractivity contribution in [3.63, 3.8) is 0 Å². The van der Waals surface area contributed by atoms with Gasteiger partial charge in [-0.1, -0.05) is 51.1 Å². The van der Waals surface area contributed by atoms with E-state index in [0.717, 1.165) is 10.5 Å². The van der Waals surface area contributed by atoms with Gasteiger partial charge in [0.05, 0.1) is 12.9 Å². The third-order valence-corrected chi connectivity index (χ3v) is 6.59. The Kier molecular flexibility index (Phi) is 9.04. The highest BCUT2D eigenvalue weighted by Crippen LogP contribution is 2.32. The van der Waals surface area contributed by atoms with E-state index in [4.69, 9.17) is 4.74 Å². The largest absolute Gasteiger partial charge is 0.377 e. The number of halogens is 2. The van der Waals surface area contributed by atoms with Crippen molar-refractivity contribution >= 4 is 11.8 Å². The maximum Gasteiger partial charge on any atom is 0.259 e. The number of rotatable bonds is 12. The van der Waals surface area contributed by atoms with E-state index in [2.05, 4.69) is 40.8 Å². The van der Waals surface area contributed by atoms with Crippen molar-refractivity contribution < 1.29 is 13.5 Å². The SMILES string of the molecule is CC(C)(C)Sc1ccc(-c2nc(CC(C(F)F)n3ccnc3)n(CCCOCc3ccccc3)n2)nc1. The van der Waals surface area contributed by atoms with E-state index in [-0.39, 0.29) is 11.2 Å². The van der Waals surface area contributed by atoms with E-state index in [1.807, 2.05) is 42.5 Å². The first-order valence-electron chi connectivity index (χ1n) is 12.2. The van der Waals surface area contributed by atoms with Gasteiger partial charge in [-0.05, 0) is 24.1 Å². The lowest BCUT2D eigenvalue weighted by Gasteiger charge is -2.17. The topological polar surface area (TPSA) is 70.7 Å². The van der Waals surface area contributed by atoms with Gasteiger partial charge in [-0.15, -0.1) is 16.9 Å². The molecular formula is C27H32F2N6OS. The number of hydrogen-bond donors (Lipinski definition) is 0. The Balaban J connectivity index is 1.49. The minimum absolute atomic E-state index is 0.0177. The number of hydrogen-bond acceptors (Lipinski definition) is 6. The molecule has 0 fully saturated rings. The molecule has 7 nitrogen and oxygen atoms in total. The predicted octanol–water partition coefficient (Wildman–Crippen LogP) is 6.08. The first kappa shape index (κ1) is 26.9. The summed E-state index contributed by atoms with van der Waals surface area (Å²) in [7, 11) is 0. The Morgan fingerprint density at radius 1 is 1.08 bits per heavy atom. The van der Waals surface area contributed by atoms with Crippen molar-refractivity contribution in [2.45, 2.75) is 68.9 Å². The lowest BCUT2D eigenvalue weighted by atomic mass is 10.2. The number of aromatic nitrogens is 6. The third-order valence-electron chi connectivity index (χ3n) is 5.50. The van der Waals surface area contributed by atoms with E-state index in [9.17, 15) is 8.78 Å². The number of imidazole rings is 1. The van der Waals surface area contributed by atoms with Gasteiger partial charge in [0.25, 0.3) is 6.43 Å². The average Bonchev–Trinajstić information content (AvgIpc) is 3.53. The molecule has 0 amide bonds. The highest BCUT2D eigenvalue weighted by atomic mass is 32.2. The molecule has 0 N–H and O–H groups in total. The fraction of sp³-hybridized carbons (Fsp3) is 0.407. The van der Waals surface area contributed by atoms with Gasteiger partial charge < -0.3 is 9.30 Å². The fourth-order valence-electron chi connectivity index (χ4n) is 3.80. The monoisotopic (exact) mass is 526 g/mol. The van der Waals surface area contributed by atoms with Gasteiger partial charge in [0.15, 0.2) is 5.82 Å². The zero-order chi connectivity index (χ0) is 26.3. The minimum Gasteiger partial charge on any atom is -0.377 e. The molecule has 4 aromatic rings. The maximum absolute atomic E-state index is 14.0. The quantitative estimate of drug-likeness (QED) is 0.165. The van der Waals surface area contributed by atoms with Crippen LogP contribution < -0.4 is 0 Å². The van der Waals surface area contributed by atoms with Crippen LogP contribution in [0.25, 0.3) is 11.5 Å². The summed E-state index contributed by atoms with van der Waals surface area (Å²) < 4.78 is 36.9. The minimum atomic E-state index is -2.58. The zero-order valence-corrected chi connectivity index (χ0v) is 22.1. The van der Waals surface area contributed by atoms with Crippen molar-refractivity contribution in [3.8, 4) is 11.5 Å².